The molecule has 3 atom stereocenters. The van der Waals surface area contributed by atoms with Crippen LogP contribution in [0.15, 0.2) is 0 Å². The number of amides is 1. The molecule has 0 heterocycles. The summed E-state index contributed by atoms with van der Waals surface area (Å²) in [5, 5.41) is 15.9. The molecule has 3 unspecified atom stereocenters. The van der Waals surface area contributed by atoms with Crippen LogP contribution in [0, 0.1) is 0 Å². The minimum Gasteiger partial charge on any atom is -0.444 e. The maximum absolute atomic E-state index is 11.8. The van der Waals surface area contributed by atoms with Gasteiger partial charge < -0.3 is 25.2 Å². The molecular formula is C15H30N2O4. The molecule has 6 nitrogen and oxygen atoms in total. The van der Waals surface area contributed by atoms with Gasteiger partial charge in [-0.2, -0.15) is 0 Å². The van der Waals surface area contributed by atoms with Crippen molar-refractivity contribution in [2.24, 2.45) is 0 Å². The first-order valence-corrected chi connectivity index (χ1v) is 7.70. The quantitative estimate of drug-likeness (QED) is 0.691. The minimum absolute atomic E-state index is 0.130. The van der Waals surface area contributed by atoms with E-state index in [0.717, 1.165) is 25.7 Å². The molecule has 6 heteroatoms. The fraction of sp³-hybridized carbons (Fsp3) is 0.933. The van der Waals surface area contributed by atoms with Crippen molar-refractivity contribution in [3.63, 3.8) is 0 Å². The number of aliphatic hydroxyl groups is 1. The van der Waals surface area contributed by atoms with E-state index in [-0.39, 0.29) is 12.1 Å². The number of hydrogen-bond acceptors (Lipinski definition) is 5. The number of carbonyl (C=O) groups is 1. The highest BCUT2D eigenvalue weighted by Crippen LogP contribution is 2.19. The molecule has 3 N–H and O–H groups in total. The Morgan fingerprint density at radius 2 is 2.00 bits per heavy atom. The molecule has 0 aromatic rings. The van der Waals surface area contributed by atoms with Crippen LogP contribution in [-0.4, -0.2) is 55.2 Å². The fourth-order valence-electron chi connectivity index (χ4n) is 2.53. The van der Waals surface area contributed by atoms with Crippen LogP contribution in [0.1, 0.15) is 46.5 Å². The lowest BCUT2D eigenvalue weighted by atomic mass is 9.91. The number of alkyl carbamates (subject to hydrolysis) is 1. The lowest BCUT2D eigenvalue weighted by Gasteiger charge is -2.31. The minimum atomic E-state index is -0.491. The van der Waals surface area contributed by atoms with Crippen LogP contribution < -0.4 is 10.6 Å². The third-order valence-corrected chi connectivity index (χ3v) is 3.40. The summed E-state index contributed by atoms with van der Waals surface area (Å²) >= 11 is 0. The molecule has 0 saturated heterocycles. The molecule has 0 radical (unpaired) electrons. The van der Waals surface area contributed by atoms with Gasteiger partial charge in [-0.25, -0.2) is 4.79 Å². The van der Waals surface area contributed by atoms with Gasteiger partial charge in [-0.15, -0.1) is 0 Å². The number of nitrogens with one attached hydrogen (secondary N) is 2. The van der Waals surface area contributed by atoms with Crippen LogP contribution in [0.25, 0.3) is 0 Å². The summed E-state index contributed by atoms with van der Waals surface area (Å²) in [6, 6.07) is 0.441. The maximum Gasteiger partial charge on any atom is 0.407 e. The first kappa shape index (κ1) is 18.2. The summed E-state index contributed by atoms with van der Waals surface area (Å²) in [5.41, 5.74) is -0.472. The standard InChI is InChI=1S/C15H30N2O4/c1-15(2,3)21-14(19)17-12-7-5-6-11(8-12)16-9-13(18)10-20-4/h11-13,16,18H,5-10H2,1-4H3,(H,17,19). The highest BCUT2D eigenvalue weighted by atomic mass is 16.6. The Balaban J connectivity index is 2.30. The molecular weight excluding hydrogens is 272 g/mol. The molecule has 0 aliphatic heterocycles. The molecule has 1 saturated carbocycles. The van der Waals surface area contributed by atoms with E-state index in [0.29, 0.717) is 19.2 Å². The largest absolute Gasteiger partial charge is 0.444 e. The Labute approximate surface area is 127 Å². The summed E-state index contributed by atoms with van der Waals surface area (Å²) in [6.07, 6.45) is 3.10. The molecule has 1 aliphatic rings. The number of rotatable bonds is 6. The van der Waals surface area contributed by atoms with Crippen LogP contribution in [0.4, 0.5) is 4.79 Å². The van der Waals surface area contributed by atoms with Crippen LogP contribution in [-0.2, 0) is 9.47 Å². The lowest BCUT2D eigenvalue weighted by Crippen LogP contribution is -2.47. The van der Waals surface area contributed by atoms with Crippen molar-refractivity contribution in [3.8, 4) is 0 Å². The van der Waals surface area contributed by atoms with E-state index in [1.807, 2.05) is 20.8 Å². The molecule has 0 aromatic carbocycles. The van der Waals surface area contributed by atoms with Crippen LogP contribution >= 0.6 is 0 Å². The van der Waals surface area contributed by atoms with Crippen molar-refractivity contribution in [2.75, 3.05) is 20.3 Å². The Hall–Kier alpha value is -0.850. The van der Waals surface area contributed by atoms with Gasteiger partial charge in [-0.1, -0.05) is 0 Å². The molecule has 124 valence electrons. The lowest BCUT2D eigenvalue weighted by molar-refractivity contribution is 0.0478. The number of hydrogen-bond donors (Lipinski definition) is 3. The molecule has 1 rings (SSSR count). The van der Waals surface area contributed by atoms with Crippen molar-refractivity contribution < 1.29 is 19.4 Å². The zero-order valence-electron chi connectivity index (χ0n) is 13.6. The molecule has 0 spiro atoms. The van der Waals surface area contributed by atoms with Gasteiger partial charge in [0.05, 0.1) is 12.7 Å². The van der Waals surface area contributed by atoms with E-state index in [1.165, 1.54) is 0 Å². The zero-order valence-corrected chi connectivity index (χ0v) is 13.6. The number of ether oxygens (including phenoxy) is 2. The van der Waals surface area contributed by atoms with Crippen LogP contribution in [0.5, 0.6) is 0 Å². The van der Waals surface area contributed by atoms with Gasteiger partial charge in [0.2, 0.25) is 0 Å². The Kier molecular flexibility index (Phi) is 7.42. The van der Waals surface area contributed by atoms with Crippen molar-refractivity contribution in [1.82, 2.24) is 10.6 Å². The Morgan fingerprint density at radius 1 is 1.33 bits per heavy atom. The monoisotopic (exact) mass is 302 g/mol. The molecule has 1 fully saturated rings. The van der Waals surface area contributed by atoms with Gasteiger partial charge in [0.15, 0.2) is 0 Å². The van der Waals surface area contributed by atoms with Gasteiger partial charge in [-0.3, -0.25) is 0 Å². The average Bonchev–Trinajstić information content (AvgIpc) is 2.35. The van der Waals surface area contributed by atoms with E-state index in [1.54, 1.807) is 7.11 Å². The number of carbonyl (C=O) groups excluding carboxylic acids is 1. The normalized spacial score (nSPS) is 24.4. The number of aliphatic hydroxyl groups excluding tert-OH is 1. The predicted molar refractivity (Wildman–Crippen MR) is 81.3 cm³/mol. The van der Waals surface area contributed by atoms with E-state index in [9.17, 15) is 9.90 Å². The third kappa shape index (κ3) is 8.24. The molecule has 21 heavy (non-hydrogen) atoms. The average molecular weight is 302 g/mol. The van der Waals surface area contributed by atoms with Gasteiger partial charge in [-0.05, 0) is 46.5 Å². The topological polar surface area (TPSA) is 79.8 Å². The smallest absolute Gasteiger partial charge is 0.407 e. The van der Waals surface area contributed by atoms with Gasteiger partial charge in [0.1, 0.15) is 5.60 Å². The first-order valence-electron chi connectivity index (χ1n) is 7.70. The van der Waals surface area contributed by atoms with Gasteiger partial charge >= 0.3 is 6.09 Å². The summed E-state index contributed by atoms with van der Waals surface area (Å²) in [6.45, 7) is 6.41. The molecule has 0 bridgehead atoms. The Morgan fingerprint density at radius 3 is 2.62 bits per heavy atom. The second-order valence-corrected chi connectivity index (χ2v) is 6.72. The summed E-state index contributed by atoms with van der Waals surface area (Å²) in [5.74, 6) is 0. The van der Waals surface area contributed by atoms with Crippen molar-refractivity contribution >= 4 is 6.09 Å². The third-order valence-electron chi connectivity index (χ3n) is 3.40. The van der Waals surface area contributed by atoms with E-state index in [2.05, 4.69) is 10.6 Å². The van der Waals surface area contributed by atoms with Crippen molar-refractivity contribution in [3.05, 3.63) is 0 Å². The maximum atomic E-state index is 11.8. The number of methoxy groups -OCH3 is 1. The Bertz CT molecular complexity index is 317. The highest BCUT2D eigenvalue weighted by molar-refractivity contribution is 5.68. The SMILES string of the molecule is COCC(O)CNC1CCCC(NC(=O)OC(C)(C)C)C1. The molecule has 1 aliphatic carbocycles. The van der Waals surface area contributed by atoms with Crippen LogP contribution in [0.3, 0.4) is 0 Å². The molecule has 0 aromatic heterocycles. The highest BCUT2D eigenvalue weighted by Gasteiger charge is 2.25. The van der Waals surface area contributed by atoms with Crippen molar-refractivity contribution in [1.29, 1.82) is 0 Å². The van der Waals surface area contributed by atoms with Crippen molar-refractivity contribution in [2.45, 2.75) is 70.2 Å². The first-order chi connectivity index (χ1) is 9.80. The summed E-state index contributed by atoms with van der Waals surface area (Å²) in [4.78, 5) is 11.8. The predicted octanol–water partition coefficient (Wildman–Crippen LogP) is 1.42. The summed E-state index contributed by atoms with van der Waals surface area (Å²) < 4.78 is 10.2. The van der Waals surface area contributed by atoms with Gasteiger partial charge in [0.25, 0.3) is 0 Å². The van der Waals surface area contributed by atoms with E-state index in [4.69, 9.17) is 9.47 Å². The second-order valence-electron chi connectivity index (χ2n) is 6.72. The van der Waals surface area contributed by atoms with E-state index < -0.39 is 11.7 Å². The van der Waals surface area contributed by atoms with Gasteiger partial charge in [0, 0.05) is 25.7 Å². The molecule has 1 amide bonds. The fourth-order valence-corrected chi connectivity index (χ4v) is 2.53. The zero-order chi connectivity index (χ0) is 15.9. The van der Waals surface area contributed by atoms with E-state index >= 15 is 0 Å². The second kappa shape index (κ2) is 8.56. The summed E-state index contributed by atoms with van der Waals surface area (Å²) in [7, 11) is 1.57. The van der Waals surface area contributed by atoms with Crippen LogP contribution in [0.2, 0.25) is 0 Å².